The highest BCUT2D eigenvalue weighted by Crippen LogP contribution is 2.02. The molecule has 1 N–H and O–H groups in total. The molecule has 0 aliphatic heterocycles. The summed E-state index contributed by atoms with van der Waals surface area (Å²) in [5, 5.41) is 12.5. The summed E-state index contributed by atoms with van der Waals surface area (Å²) in [5.74, 6) is -0.120. The third kappa shape index (κ3) is 1.66. The molecule has 0 aromatic carbocycles. The first-order chi connectivity index (χ1) is 7.18. The van der Waals surface area contributed by atoms with Crippen LogP contribution in [-0.4, -0.2) is 35.8 Å². The smallest absolute Gasteiger partial charge is 0.338 e. The number of hydrogen-bond acceptors (Lipinski definition) is 5. The largest absolute Gasteiger partial charge is 0.478 e. The average molecular weight is 205 g/mol. The normalized spacial score (nSPS) is 10.2. The third-order valence-corrected chi connectivity index (χ3v) is 1.79. The first-order valence-corrected chi connectivity index (χ1v) is 4.11. The second-order valence-electron chi connectivity index (χ2n) is 2.80. The van der Waals surface area contributed by atoms with E-state index in [0.717, 1.165) is 0 Å². The van der Waals surface area contributed by atoms with Gasteiger partial charge in [0.05, 0.1) is 5.56 Å². The SMILES string of the molecule is Cc1ncnn1-c1ncc(C(=O)O)cn1. The number of aromatic carboxylic acids is 1. The Morgan fingerprint density at radius 2 is 2.00 bits per heavy atom. The summed E-state index contributed by atoms with van der Waals surface area (Å²) in [5.41, 5.74) is 0.0384. The predicted octanol–water partition coefficient (Wildman–Crippen LogP) is 0.0639. The second kappa shape index (κ2) is 3.45. The fraction of sp³-hybridized carbons (Fsp3) is 0.125. The van der Waals surface area contributed by atoms with Crippen molar-refractivity contribution >= 4 is 5.97 Å². The van der Waals surface area contributed by atoms with Crippen LogP contribution in [0.2, 0.25) is 0 Å². The molecule has 0 saturated carbocycles. The van der Waals surface area contributed by atoms with Crippen LogP contribution in [-0.2, 0) is 0 Å². The summed E-state index contributed by atoms with van der Waals surface area (Å²) >= 11 is 0. The van der Waals surface area contributed by atoms with Crippen LogP contribution >= 0.6 is 0 Å². The Kier molecular flexibility index (Phi) is 2.13. The highest BCUT2D eigenvalue weighted by molar-refractivity contribution is 5.86. The first-order valence-electron chi connectivity index (χ1n) is 4.11. The van der Waals surface area contributed by atoms with E-state index >= 15 is 0 Å². The monoisotopic (exact) mass is 205 g/mol. The molecule has 0 unspecified atom stereocenters. The van der Waals surface area contributed by atoms with Crippen LogP contribution in [0.25, 0.3) is 5.95 Å². The number of carboxylic acid groups (broad SMARTS) is 1. The van der Waals surface area contributed by atoms with Crippen molar-refractivity contribution in [2.75, 3.05) is 0 Å². The van der Waals surface area contributed by atoms with E-state index in [9.17, 15) is 4.79 Å². The Morgan fingerprint density at radius 3 is 2.47 bits per heavy atom. The van der Waals surface area contributed by atoms with Crippen molar-refractivity contribution in [1.29, 1.82) is 0 Å². The highest BCUT2D eigenvalue weighted by Gasteiger charge is 2.07. The van der Waals surface area contributed by atoms with Crippen molar-refractivity contribution in [3.63, 3.8) is 0 Å². The summed E-state index contributed by atoms with van der Waals surface area (Å²) in [6, 6.07) is 0. The maximum Gasteiger partial charge on any atom is 0.338 e. The van der Waals surface area contributed by atoms with Gasteiger partial charge in [-0.3, -0.25) is 0 Å². The van der Waals surface area contributed by atoms with Crippen molar-refractivity contribution in [3.05, 3.63) is 30.1 Å². The van der Waals surface area contributed by atoms with Crippen molar-refractivity contribution in [2.24, 2.45) is 0 Å². The average Bonchev–Trinajstić information content (AvgIpc) is 2.65. The van der Waals surface area contributed by atoms with Crippen molar-refractivity contribution in [2.45, 2.75) is 6.92 Å². The summed E-state index contributed by atoms with van der Waals surface area (Å²) in [6.45, 7) is 1.75. The number of aryl methyl sites for hydroxylation is 1. The quantitative estimate of drug-likeness (QED) is 0.745. The van der Waals surface area contributed by atoms with Crippen molar-refractivity contribution < 1.29 is 9.90 Å². The van der Waals surface area contributed by atoms with Crippen LogP contribution in [0.1, 0.15) is 16.2 Å². The van der Waals surface area contributed by atoms with E-state index in [4.69, 9.17) is 5.11 Å². The van der Waals surface area contributed by atoms with Gasteiger partial charge in [-0.15, -0.1) is 0 Å². The van der Waals surface area contributed by atoms with Gasteiger partial charge in [0, 0.05) is 12.4 Å². The highest BCUT2D eigenvalue weighted by atomic mass is 16.4. The van der Waals surface area contributed by atoms with E-state index in [-0.39, 0.29) is 5.56 Å². The minimum atomic E-state index is -1.06. The molecule has 0 amide bonds. The lowest BCUT2D eigenvalue weighted by Gasteiger charge is -2.00. The van der Waals surface area contributed by atoms with Gasteiger partial charge in [0.2, 0.25) is 0 Å². The lowest BCUT2D eigenvalue weighted by atomic mass is 10.3. The molecule has 2 heterocycles. The minimum Gasteiger partial charge on any atom is -0.478 e. The van der Waals surface area contributed by atoms with E-state index in [1.165, 1.54) is 23.4 Å². The molecular formula is C8H7N5O2. The molecule has 7 nitrogen and oxygen atoms in total. The fourth-order valence-corrected chi connectivity index (χ4v) is 1.04. The van der Waals surface area contributed by atoms with Gasteiger partial charge in [0.15, 0.2) is 0 Å². The third-order valence-electron chi connectivity index (χ3n) is 1.79. The molecule has 0 aliphatic rings. The van der Waals surface area contributed by atoms with Crippen molar-refractivity contribution in [3.8, 4) is 5.95 Å². The number of nitrogens with zero attached hydrogens (tertiary/aromatic N) is 5. The summed E-state index contributed by atoms with van der Waals surface area (Å²) < 4.78 is 1.42. The van der Waals surface area contributed by atoms with E-state index in [2.05, 4.69) is 20.1 Å². The molecule has 15 heavy (non-hydrogen) atoms. The summed E-state index contributed by atoms with van der Waals surface area (Å²) in [4.78, 5) is 22.2. The Morgan fingerprint density at radius 1 is 1.33 bits per heavy atom. The first kappa shape index (κ1) is 9.25. The summed E-state index contributed by atoms with van der Waals surface area (Å²) in [6.07, 6.45) is 3.83. The van der Waals surface area contributed by atoms with Crippen LogP contribution in [0.4, 0.5) is 0 Å². The van der Waals surface area contributed by atoms with Crippen LogP contribution in [0.3, 0.4) is 0 Å². The molecule has 76 valence electrons. The number of carbonyl (C=O) groups is 1. The molecule has 2 rings (SSSR count). The molecule has 2 aromatic heterocycles. The molecule has 2 aromatic rings. The second-order valence-corrected chi connectivity index (χ2v) is 2.80. The number of hydrogen-bond donors (Lipinski definition) is 1. The number of aromatic nitrogens is 5. The maximum absolute atomic E-state index is 10.6. The van der Waals surface area contributed by atoms with Gasteiger partial charge >= 0.3 is 5.97 Å². The summed E-state index contributed by atoms with van der Waals surface area (Å²) in [7, 11) is 0. The maximum atomic E-state index is 10.6. The Hall–Kier alpha value is -2.31. The zero-order valence-electron chi connectivity index (χ0n) is 7.82. The van der Waals surface area contributed by atoms with Gasteiger partial charge in [-0.05, 0) is 6.92 Å². The molecule has 0 spiro atoms. The molecule has 0 atom stereocenters. The predicted molar refractivity (Wildman–Crippen MR) is 48.6 cm³/mol. The topological polar surface area (TPSA) is 93.8 Å². The van der Waals surface area contributed by atoms with Gasteiger partial charge in [-0.1, -0.05) is 0 Å². The molecule has 0 saturated heterocycles. The van der Waals surface area contributed by atoms with Crippen molar-refractivity contribution in [1.82, 2.24) is 24.7 Å². The lowest BCUT2D eigenvalue weighted by molar-refractivity contribution is 0.0696. The zero-order chi connectivity index (χ0) is 10.8. The van der Waals surface area contributed by atoms with Crippen LogP contribution in [0, 0.1) is 6.92 Å². The standard InChI is InChI=1S/C8H7N5O2/c1-5-11-4-12-13(5)8-9-2-6(3-10-8)7(14)15/h2-4H,1H3,(H,14,15). The Balaban J connectivity index is 2.40. The fourth-order valence-electron chi connectivity index (χ4n) is 1.04. The van der Waals surface area contributed by atoms with E-state index in [0.29, 0.717) is 11.8 Å². The Bertz CT molecular complexity index is 490. The van der Waals surface area contributed by atoms with Crippen LogP contribution in [0.15, 0.2) is 18.7 Å². The lowest BCUT2D eigenvalue weighted by Crippen LogP contribution is -2.07. The molecule has 0 fully saturated rings. The zero-order valence-corrected chi connectivity index (χ0v) is 7.82. The van der Waals surface area contributed by atoms with Gasteiger partial charge in [0.25, 0.3) is 5.95 Å². The van der Waals surface area contributed by atoms with Crippen LogP contribution in [0.5, 0.6) is 0 Å². The molecule has 0 aliphatic carbocycles. The van der Waals surface area contributed by atoms with Gasteiger partial charge in [0.1, 0.15) is 12.2 Å². The van der Waals surface area contributed by atoms with Gasteiger partial charge < -0.3 is 5.11 Å². The van der Waals surface area contributed by atoms with E-state index < -0.39 is 5.97 Å². The minimum absolute atomic E-state index is 0.0384. The Labute approximate surface area is 84.4 Å². The van der Waals surface area contributed by atoms with E-state index in [1.54, 1.807) is 6.92 Å². The van der Waals surface area contributed by atoms with Gasteiger partial charge in [-0.2, -0.15) is 9.78 Å². The molecule has 7 heteroatoms. The molecular weight excluding hydrogens is 198 g/mol. The molecule has 0 radical (unpaired) electrons. The van der Waals surface area contributed by atoms with Crippen LogP contribution < -0.4 is 0 Å². The number of rotatable bonds is 2. The molecule has 0 bridgehead atoms. The number of carboxylic acids is 1. The van der Waals surface area contributed by atoms with E-state index in [1.807, 2.05) is 0 Å². The van der Waals surface area contributed by atoms with Gasteiger partial charge in [-0.25, -0.2) is 19.7 Å².